The maximum atomic E-state index is 10.9. The van der Waals surface area contributed by atoms with E-state index in [1.165, 1.54) is 12.8 Å². The van der Waals surface area contributed by atoms with Crippen LogP contribution in [0.15, 0.2) is 0 Å². The summed E-state index contributed by atoms with van der Waals surface area (Å²) in [6.07, 6.45) is 5.79. The molecule has 12 heavy (non-hydrogen) atoms. The highest BCUT2D eigenvalue weighted by atomic mass is 16.2. The van der Waals surface area contributed by atoms with E-state index in [1.54, 1.807) is 0 Å². The smallest absolute Gasteiger partial charge is 0.315 e. The zero-order chi connectivity index (χ0) is 8.97. The highest BCUT2D eigenvalue weighted by Gasteiger charge is 2.25. The van der Waals surface area contributed by atoms with Gasteiger partial charge in [-0.3, -0.25) is 0 Å². The Hall–Kier alpha value is -0.730. The molecule has 1 heterocycles. The number of unbranched alkanes of at least 4 members (excludes halogenated alkanes) is 1. The van der Waals surface area contributed by atoms with Crippen LogP contribution in [-0.4, -0.2) is 23.5 Å². The van der Waals surface area contributed by atoms with Crippen LogP contribution in [0.4, 0.5) is 4.79 Å². The zero-order valence-electron chi connectivity index (χ0n) is 7.75. The van der Waals surface area contributed by atoms with Crippen LogP contribution in [0.1, 0.15) is 39.0 Å². The molecule has 0 bridgehead atoms. The Morgan fingerprint density at radius 3 is 3.00 bits per heavy atom. The number of urea groups is 1. The molecule has 0 saturated carbocycles. The first-order chi connectivity index (χ1) is 5.75. The van der Waals surface area contributed by atoms with Crippen molar-refractivity contribution in [3.05, 3.63) is 0 Å². The van der Waals surface area contributed by atoms with Gasteiger partial charge >= 0.3 is 6.03 Å². The Morgan fingerprint density at radius 2 is 2.42 bits per heavy atom. The Kier molecular flexibility index (Phi) is 3.38. The summed E-state index contributed by atoms with van der Waals surface area (Å²) in [5.41, 5.74) is 5.25. The van der Waals surface area contributed by atoms with E-state index in [0.29, 0.717) is 6.04 Å². The summed E-state index contributed by atoms with van der Waals surface area (Å²) in [4.78, 5) is 12.7. The molecular formula is C9H18N2O. The molecule has 3 nitrogen and oxygen atoms in total. The molecule has 1 aliphatic rings. The minimum atomic E-state index is -0.242. The third-order valence-corrected chi connectivity index (χ3v) is 2.55. The van der Waals surface area contributed by atoms with E-state index < -0.39 is 0 Å². The molecule has 3 heteroatoms. The molecule has 1 atom stereocenters. The minimum Gasteiger partial charge on any atom is -0.351 e. The number of nitrogens with zero attached hydrogens (tertiary/aromatic N) is 1. The summed E-state index contributed by atoms with van der Waals surface area (Å²) < 4.78 is 0. The van der Waals surface area contributed by atoms with Crippen molar-refractivity contribution in [2.45, 2.75) is 45.1 Å². The van der Waals surface area contributed by atoms with E-state index in [9.17, 15) is 4.79 Å². The lowest BCUT2D eigenvalue weighted by atomic mass is 10.1. The van der Waals surface area contributed by atoms with E-state index in [1.807, 2.05) is 4.90 Å². The van der Waals surface area contributed by atoms with Gasteiger partial charge in [0.1, 0.15) is 0 Å². The quantitative estimate of drug-likeness (QED) is 0.688. The number of amides is 2. The van der Waals surface area contributed by atoms with Gasteiger partial charge in [0.25, 0.3) is 0 Å². The summed E-state index contributed by atoms with van der Waals surface area (Å²) in [6, 6.07) is 0.191. The highest BCUT2D eigenvalue weighted by molar-refractivity contribution is 5.72. The van der Waals surface area contributed by atoms with Crippen molar-refractivity contribution < 1.29 is 4.79 Å². The van der Waals surface area contributed by atoms with Crippen molar-refractivity contribution in [2.24, 2.45) is 5.73 Å². The molecule has 0 radical (unpaired) electrons. The summed E-state index contributed by atoms with van der Waals surface area (Å²) in [5, 5.41) is 0. The average Bonchev–Trinajstić information content (AvgIpc) is 2.48. The van der Waals surface area contributed by atoms with E-state index in [0.717, 1.165) is 25.8 Å². The molecule has 0 spiro atoms. The Bertz CT molecular complexity index is 159. The van der Waals surface area contributed by atoms with Gasteiger partial charge in [-0.05, 0) is 19.3 Å². The summed E-state index contributed by atoms with van der Waals surface area (Å²) >= 11 is 0. The molecule has 2 N–H and O–H groups in total. The minimum absolute atomic E-state index is 0.242. The van der Waals surface area contributed by atoms with Crippen LogP contribution in [0.3, 0.4) is 0 Å². The SMILES string of the molecule is CCCCC1CCCN1C(N)=O. The molecule has 1 saturated heterocycles. The normalized spacial score (nSPS) is 23.1. The van der Waals surface area contributed by atoms with E-state index >= 15 is 0 Å². The molecule has 0 aromatic heterocycles. The summed E-state index contributed by atoms with van der Waals surface area (Å²) in [5.74, 6) is 0. The molecular weight excluding hydrogens is 152 g/mol. The predicted molar refractivity (Wildman–Crippen MR) is 48.8 cm³/mol. The van der Waals surface area contributed by atoms with Crippen molar-refractivity contribution in [1.82, 2.24) is 4.90 Å². The van der Waals surface area contributed by atoms with Crippen LogP contribution in [-0.2, 0) is 0 Å². The van der Waals surface area contributed by atoms with E-state index in [-0.39, 0.29) is 6.03 Å². The monoisotopic (exact) mass is 170 g/mol. The third kappa shape index (κ3) is 2.13. The Morgan fingerprint density at radius 1 is 1.67 bits per heavy atom. The van der Waals surface area contributed by atoms with Crippen molar-refractivity contribution in [3.8, 4) is 0 Å². The van der Waals surface area contributed by atoms with Gasteiger partial charge < -0.3 is 10.6 Å². The van der Waals surface area contributed by atoms with Gasteiger partial charge in [-0.1, -0.05) is 19.8 Å². The number of hydrogen-bond acceptors (Lipinski definition) is 1. The number of carbonyl (C=O) groups is 1. The summed E-state index contributed by atoms with van der Waals surface area (Å²) in [7, 11) is 0. The van der Waals surface area contributed by atoms with Gasteiger partial charge in [0.2, 0.25) is 0 Å². The van der Waals surface area contributed by atoms with Crippen molar-refractivity contribution in [2.75, 3.05) is 6.54 Å². The number of hydrogen-bond donors (Lipinski definition) is 1. The van der Waals surface area contributed by atoms with E-state index in [2.05, 4.69) is 6.92 Å². The molecule has 0 aromatic rings. The van der Waals surface area contributed by atoms with Gasteiger partial charge in [0.05, 0.1) is 0 Å². The fourth-order valence-electron chi connectivity index (χ4n) is 1.87. The van der Waals surface area contributed by atoms with Gasteiger partial charge in [0, 0.05) is 12.6 Å². The standard InChI is InChI=1S/C9H18N2O/c1-2-3-5-8-6-4-7-11(8)9(10)12/h8H,2-7H2,1H3,(H2,10,12). The second kappa shape index (κ2) is 4.33. The van der Waals surface area contributed by atoms with Crippen LogP contribution in [0, 0.1) is 0 Å². The molecule has 70 valence electrons. The number of likely N-dealkylation sites (tertiary alicyclic amines) is 1. The van der Waals surface area contributed by atoms with Crippen LogP contribution < -0.4 is 5.73 Å². The van der Waals surface area contributed by atoms with Crippen LogP contribution in [0.5, 0.6) is 0 Å². The second-order valence-electron chi connectivity index (χ2n) is 3.47. The highest BCUT2D eigenvalue weighted by Crippen LogP contribution is 2.21. The van der Waals surface area contributed by atoms with E-state index in [4.69, 9.17) is 5.73 Å². The van der Waals surface area contributed by atoms with Gasteiger partial charge in [-0.25, -0.2) is 4.79 Å². The number of nitrogens with two attached hydrogens (primary N) is 1. The Labute approximate surface area is 73.9 Å². The molecule has 0 aliphatic carbocycles. The topological polar surface area (TPSA) is 46.3 Å². The molecule has 1 unspecified atom stereocenters. The number of rotatable bonds is 3. The number of primary amides is 1. The summed E-state index contributed by atoms with van der Waals surface area (Å²) in [6.45, 7) is 3.03. The van der Waals surface area contributed by atoms with Gasteiger partial charge in [-0.2, -0.15) is 0 Å². The van der Waals surface area contributed by atoms with Crippen molar-refractivity contribution in [3.63, 3.8) is 0 Å². The largest absolute Gasteiger partial charge is 0.351 e. The molecule has 1 rings (SSSR count). The van der Waals surface area contributed by atoms with Crippen LogP contribution >= 0.6 is 0 Å². The van der Waals surface area contributed by atoms with Crippen LogP contribution in [0.2, 0.25) is 0 Å². The molecule has 1 fully saturated rings. The molecule has 0 aromatic carbocycles. The maximum Gasteiger partial charge on any atom is 0.315 e. The number of carbonyl (C=O) groups excluding carboxylic acids is 1. The second-order valence-corrected chi connectivity index (χ2v) is 3.47. The fourth-order valence-corrected chi connectivity index (χ4v) is 1.87. The fraction of sp³-hybridized carbons (Fsp3) is 0.889. The maximum absolute atomic E-state index is 10.9. The first kappa shape index (κ1) is 9.36. The van der Waals surface area contributed by atoms with Gasteiger partial charge in [-0.15, -0.1) is 0 Å². The predicted octanol–water partition coefficient (Wildman–Crippen LogP) is 1.72. The molecule has 2 amide bonds. The van der Waals surface area contributed by atoms with Crippen molar-refractivity contribution >= 4 is 6.03 Å². The van der Waals surface area contributed by atoms with Crippen LogP contribution in [0.25, 0.3) is 0 Å². The third-order valence-electron chi connectivity index (χ3n) is 2.55. The molecule has 1 aliphatic heterocycles. The first-order valence-corrected chi connectivity index (χ1v) is 4.81. The zero-order valence-corrected chi connectivity index (χ0v) is 7.75. The average molecular weight is 170 g/mol. The van der Waals surface area contributed by atoms with Gasteiger partial charge in [0.15, 0.2) is 0 Å². The van der Waals surface area contributed by atoms with Crippen molar-refractivity contribution in [1.29, 1.82) is 0 Å². The lowest BCUT2D eigenvalue weighted by Crippen LogP contribution is -2.39. The lowest BCUT2D eigenvalue weighted by Gasteiger charge is -2.22. The lowest BCUT2D eigenvalue weighted by molar-refractivity contribution is 0.199. The Balaban J connectivity index is 2.35. The first-order valence-electron chi connectivity index (χ1n) is 4.81.